The van der Waals surface area contributed by atoms with Crippen LogP contribution in [0.5, 0.6) is 0 Å². The molecule has 0 aliphatic carbocycles. The highest BCUT2D eigenvalue weighted by Gasteiger charge is 2.42. The quantitative estimate of drug-likeness (QED) is 0.709. The molecule has 2 unspecified atom stereocenters. The third-order valence-corrected chi connectivity index (χ3v) is 5.30. The number of carbonyl (C=O) groups is 3. The van der Waals surface area contributed by atoms with Gasteiger partial charge in [-0.25, -0.2) is 9.59 Å². The van der Waals surface area contributed by atoms with Crippen LogP contribution in [0, 0.1) is 17.2 Å². The predicted octanol–water partition coefficient (Wildman–Crippen LogP) is 3.93. The van der Waals surface area contributed by atoms with Crippen LogP contribution in [-0.4, -0.2) is 48.7 Å². The van der Waals surface area contributed by atoms with Crippen molar-refractivity contribution in [3.63, 3.8) is 0 Å². The van der Waals surface area contributed by atoms with Gasteiger partial charge in [-0.1, -0.05) is 18.2 Å². The number of hydrogen-bond acceptors (Lipinski definition) is 6. The van der Waals surface area contributed by atoms with Crippen LogP contribution in [0.1, 0.15) is 48.2 Å². The molecular weight excluding hydrogens is 422 g/mol. The number of methoxy groups -OCH3 is 1. The zero-order valence-corrected chi connectivity index (χ0v) is 19.1. The Kier molecular flexibility index (Phi) is 7.02. The molecule has 8 nitrogen and oxygen atoms in total. The highest BCUT2D eigenvalue weighted by Crippen LogP contribution is 2.35. The molecule has 0 saturated carbocycles. The molecule has 8 heteroatoms. The normalized spacial score (nSPS) is 17.7. The average molecular weight is 450 g/mol. The van der Waals surface area contributed by atoms with Crippen molar-refractivity contribution in [2.75, 3.05) is 25.5 Å². The number of anilines is 1. The van der Waals surface area contributed by atoms with Crippen molar-refractivity contribution in [3.05, 3.63) is 65.2 Å². The zero-order valence-electron chi connectivity index (χ0n) is 19.1. The fourth-order valence-corrected chi connectivity index (χ4v) is 3.80. The largest absolute Gasteiger partial charge is 0.465 e. The SMILES string of the molecule is COC(=O)c1cccc(C2CN(C(=O)OC(C)(C)C)CC2C(=O)Nc2cccc(C#N)c2)c1. The minimum atomic E-state index is -0.671. The van der Waals surface area contributed by atoms with E-state index >= 15 is 0 Å². The van der Waals surface area contributed by atoms with Gasteiger partial charge >= 0.3 is 12.1 Å². The number of nitriles is 1. The molecule has 2 aromatic carbocycles. The van der Waals surface area contributed by atoms with Crippen LogP contribution in [0.25, 0.3) is 0 Å². The molecule has 1 aliphatic heterocycles. The number of rotatable bonds is 4. The molecular formula is C25H27N3O5. The molecule has 0 radical (unpaired) electrons. The molecule has 0 bridgehead atoms. The molecule has 1 heterocycles. The van der Waals surface area contributed by atoms with E-state index < -0.39 is 23.6 Å². The Morgan fingerprint density at radius 2 is 1.82 bits per heavy atom. The van der Waals surface area contributed by atoms with Gasteiger partial charge in [-0.3, -0.25) is 4.79 Å². The van der Waals surface area contributed by atoms with Crippen molar-refractivity contribution in [3.8, 4) is 6.07 Å². The van der Waals surface area contributed by atoms with Gasteiger partial charge in [0.05, 0.1) is 30.2 Å². The lowest BCUT2D eigenvalue weighted by atomic mass is 9.87. The molecule has 1 aliphatic rings. The number of likely N-dealkylation sites (tertiary alicyclic amines) is 1. The summed E-state index contributed by atoms with van der Waals surface area (Å²) in [7, 11) is 1.31. The summed E-state index contributed by atoms with van der Waals surface area (Å²) in [5.41, 5.74) is 1.37. The molecule has 172 valence electrons. The summed E-state index contributed by atoms with van der Waals surface area (Å²) in [5, 5.41) is 12.0. The summed E-state index contributed by atoms with van der Waals surface area (Å²) in [5.74, 6) is -1.71. The van der Waals surface area contributed by atoms with Crippen LogP contribution >= 0.6 is 0 Å². The zero-order chi connectivity index (χ0) is 24.2. The predicted molar refractivity (Wildman–Crippen MR) is 122 cm³/mol. The van der Waals surface area contributed by atoms with Gasteiger partial charge in [0.1, 0.15) is 5.60 Å². The maximum absolute atomic E-state index is 13.3. The summed E-state index contributed by atoms with van der Waals surface area (Å²) in [6.07, 6.45) is -0.501. The third kappa shape index (κ3) is 5.89. The molecule has 33 heavy (non-hydrogen) atoms. The van der Waals surface area contributed by atoms with Gasteiger partial charge in [0.2, 0.25) is 5.91 Å². The van der Waals surface area contributed by atoms with Gasteiger partial charge in [0.15, 0.2) is 0 Å². The average Bonchev–Trinajstić information content (AvgIpc) is 3.23. The summed E-state index contributed by atoms with van der Waals surface area (Å²) in [6.45, 7) is 5.77. The minimum Gasteiger partial charge on any atom is -0.465 e. The molecule has 2 amide bonds. The molecule has 2 aromatic rings. The first-order valence-electron chi connectivity index (χ1n) is 10.6. The van der Waals surface area contributed by atoms with Crippen LogP contribution in [0.2, 0.25) is 0 Å². The summed E-state index contributed by atoms with van der Waals surface area (Å²) < 4.78 is 10.3. The van der Waals surface area contributed by atoms with E-state index in [4.69, 9.17) is 14.7 Å². The van der Waals surface area contributed by atoms with Crippen molar-refractivity contribution in [1.82, 2.24) is 4.90 Å². The van der Waals surface area contributed by atoms with Crippen LogP contribution < -0.4 is 5.32 Å². The van der Waals surface area contributed by atoms with Gasteiger partial charge in [-0.05, 0) is 56.7 Å². The lowest BCUT2D eigenvalue weighted by molar-refractivity contribution is -0.119. The van der Waals surface area contributed by atoms with Gasteiger partial charge < -0.3 is 19.7 Å². The second-order valence-electron chi connectivity index (χ2n) is 8.90. The molecule has 0 aromatic heterocycles. The minimum absolute atomic E-state index is 0.159. The number of nitrogens with zero attached hydrogens (tertiary/aromatic N) is 2. The number of hydrogen-bond donors (Lipinski definition) is 1. The molecule has 1 fully saturated rings. The van der Waals surface area contributed by atoms with E-state index in [9.17, 15) is 14.4 Å². The first-order chi connectivity index (χ1) is 15.6. The van der Waals surface area contributed by atoms with Crippen LogP contribution in [0.4, 0.5) is 10.5 Å². The highest BCUT2D eigenvalue weighted by atomic mass is 16.6. The second-order valence-corrected chi connectivity index (χ2v) is 8.90. The highest BCUT2D eigenvalue weighted by molar-refractivity contribution is 5.94. The molecule has 1 saturated heterocycles. The van der Waals surface area contributed by atoms with Crippen molar-refractivity contribution in [2.45, 2.75) is 32.3 Å². The maximum atomic E-state index is 13.3. The Balaban J connectivity index is 1.90. The van der Waals surface area contributed by atoms with E-state index in [-0.39, 0.29) is 24.9 Å². The molecule has 1 N–H and O–H groups in total. The Morgan fingerprint density at radius 1 is 1.09 bits per heavy atom. The second kappa shape index (κ2) is 9.74. The topological polar surface area (TPSA) is 109 Å². The van der Waals surface area contributed by atoms with Crippen molar-refractivity contribution in [1.29, 1.82) is 5.26 Å². The van der Waals surface area contributed by atoms with Gasteiger partial charge in [-0.2, -0.15) is 5.26 Å². The first kappa shape index (κ1) is 23.8. The number of benzene rings is 2. The van der Waals surface area contributed by atoms with Gasteiger partial charge in [-0.15, -0.1) is 0 Å². The van der Waals surface area contributed by atoms with Crippen molar-refractivity contribution >= 4 is 23.7 Å². The standard InChI is InChI=1S/C25H27N3O5/c1-25(2,3)33-24(31)28-14-20(17-8-6-9-18(12-17)23(30)32-4)21(15-28)22(29)27-19-10-5-7-16(11-19)13-26/h5-12,20-21H,14-15H2,1-4H3,(H,27,29). The van der Waals surface area contributed by atoms with Gasteiger partial charge in [0.25, 0.3) is 0 Å². The molecule has 0 spiro atoms. The number of carbonyl (C=O) groups excluding carboxylic acids is 3. The number of ether oxygens (including phenoxy) is 2. The van der Waals surface area contributed by atoms with Crippen molar-refractivity contribution in [2.24, 2.45) is 5.92 Å². The number of nitrogens with one attached hydrogen (secondary N) is 1. The Labute approximate surface area is 193 Å². The fraction of sp³-hybridized carbons (Fsp3) is 0.360. The van der Waals surface area contributed by atoms with E-state index in [0.717, 1.165) is 5.56 Å². The van der Waals surface area contributed by atoms with E-state index in [1.807, 2.05) is 12.1 Å². The number of esters is 1. The van der Waals surface area contributed by atoms with E-state index in [2.05, 4.69) is 5.32 Å². The van der Waals surface area contributed by atoms with Crippen LogP contribution in [0.15, 0.2) is 48.5 Å². The van der Waals surface area contributed by atoms with Crippen LogP contribution in [0.3, 0.4) is 0 Å². The first-order valence-corrected chi connectivity index (χ1v) is 10.6. The summed E-state index contributed by atoms with van der Waals surface area (Å²) in [4.78, 5) is 39.5. The summed E-state index contributed by atoms with van der Waals surface area (Å²) in [6, 6.07) is 15.5. The summed E-state index contributed by atoms with van der Waals surface area (Å²) >= 11 is 0. The Morgan fingerprint density at radius 3 is 2.48 bits per heavy atom. The van der Waals surface area contributed by atoms with Crippen LogP contribution in [-0.2, 0) is 14.3 Å². The van der Waals surface area contributed by atoms with E-state index in [1.165, 1.54) is 12.0 Å². The fourth-order valence-electron chi connectivity index (χ4n) is 3.80. The van der Waals surface area contributed by atoms with Crippen molar-refractivity contribution < 1.29 is 23.9 Å². The monoisotopic (exact) mass is 449 g/mol. The molecule has 3 rings (SSSR count). The van der Waals surface area contributed by atoms with Gasteiger partial charge in [0, 0.05) is 24.7 Å². The smallest absolute Gasteiger partial charge is 0.410 e. The molecule has 2 atom stereocenters. The Bertz CT molecular complexity index is 1100. The lowest BCUT2D eigenvalue weighted by Gasteiger charge is -2.24. The third-order valence-electron chi connectivity index (χ3n) is 5.30. The lowest BCUT2D eigenvalue weighted by Crippen LogP contribution is -2.36. The Hall–Kier alpha value is -3.86. The maximum Gasteiger partial charge on any atom is 0.410 e. The van der Waals surface area contributed by atoms with E-state index in [1.54, 1.807) is 63.2 Å². The van der Waals surface area contributed by atoms with E-state index in [0.29, 0.717) is 16.8 Å². The number of amides is 2.